The summed E-state index contributed by atoms with van der Waals surface area (Å²) in [5.41, 5.74) is 0.366. The van der Waals surface area contributed by atoms with Crippen LogP contribution in [-0.2, 0) is 14.2 Å². The van der Waals surface area contributed by atoms with Crippen molar-refractivity contribution in [3.05, 3.63) is 16.1 Å². The van der Waals surface area contributed by atoms with Gasteiger partial charge in [0.1, 0.15) is 35.5 Å². The average molecular weight is 282 g/mol. The minimum atomic E-state index is -0.694. The van der Waals surface area contributed by atoms with E-state index in [1.54, 1.807) is 5.38 Å². The molecule has 0 radical (unpaired) electrons. The van der Waals surface area contributed by atoms with Crippen LogP contribution in [0.15, 0.2) is 5.38 Å². The summed E-state index contributed by atoms with van der Waals surface area (Å²) in [4.78, 5) is 4.20. The van der Waals surface area contributed by atoms with Gasteiger partial charge in [0, 0.05) is 5.38 Å². The van der Waals surface area contributed by atoms with Crippen molar-refractivity contribution >= 4 is 11.3 Å². The van der Waals surface area contributed by atoms with Gasteiger partial charge < -0.3 is 19.3 Å². The molecule has 7 heteroatoms. The van der Waals surface area contributed by atoms with Crippen molar-refractivity contribution in [2.75, 3.05) is 6.61 Å². The van der Waals surface area contributed by atoms with E-state index < -0.39 is 18.0 Å². The van der Waals surface area contributed by atoms with Crippen LogP contribution < -0.4 is 0 Å². The van der Waals surface area contributed by atoms with Gasteiger partial charge in [0.2, 0.25) is 0 Å². The van der Waals surface area contributed by atoms with Crippen molar-refractivity contribution in [1.82, 2.24) is 4.98 Å². The number of nitriles is 1. The Balaban J connectivity index is 1.88. The predicted molar refractivity (Wildman–Crippen MR) is 65.4 cm³/mol. The van der Waals surface area contributed by atoms with Crippen molar-refractivity contribution in [3.63, 3.8) is 0 Å². The molecule has 102 valence electrons. The molecule has 2 aliphatic heterocycles. The van der Waals surface area contributed by atoms with Crippen LogP contribution in [0.1, 0.15) is 30.7 Å². The highest BCUT2D eigenvalue weighted by Gasteiger charge is 2.56. The van der Waals surface area contributed by atoms with Crippen LogP contribution >= 0.6 is 11.3 Å². The van der Waals surface area contributed by atoms with Gasteiger partial charge in [-0.3, -0.25) is 0 Å². The Morgan fingerprint density at radius 3 is 2.84 bits per heavy atom. The van der Waals surface area contributed by atoms with E-state index in [9.17, 15) is 5.11 Å². The number of ether oxygens (including phenoxy) is 3. The monoisotopic (exact) mass is 282 g/mol. The first-order valence-corrected chi connectivity index (χ1v) is 6.89. The number of rotatable bonds is 2. The third kappa shape index (κ3) is 2.16. The predicted octanol–water partition coefficient (Wildman–Crippen LogP) is 0.967. The topological polar surface area (TPSA) is 84.6 Å². The Kier molecular flexibility index (Phi) is 3.08. The van der Waals surface area contributed by atoms with E-state index >= 15 is 0 Å². The zero-order valence-corrected chi connectivity index (χ0v) is 11.4. The largest absolute Gasteiger partial charge is 0.394 e. The summed E-state index contributed by atoms with van der Waals surface area (Å²) in [6, 6.07) is 1.99. The number of aliphatic hydroxyl groups excluding tert-OH is 1. The molecule has 1 N–H and O–H groups in total. The molecule has 19 heavy (non-hydrogen) atoms. The molecule has 1 aromatic rings. The molecule has 2 saturated heterocycles. The maximum Gasteiger partial charge on any atom is 0.164 e. The number of thiazole rings is 1. The molecule has 3 rings (SSSR count). The van der Waals surface area contributed by atoms with Crippen LogP contribution in [0, 0.1) is 11.3 Å². The number of aliphatic hydroxyl groups is 1. The summed E-state index contributed by atoms with van der Waals surface area (Å²) >= 11 is 1.36. The van der Waals surface area contributed by atoms with Crippen molar-refractivity contribution < 1.29 is 19.3 Å². The van der Waals surface area contributed by atoms with Crippen LogP contribution in [0.4, 0.5) is 0 Å². The van der Waals surface area contributed by atoms with Gasteiger partial charge >= 0.3 is 0 Å². The molecule has 0 bridgehead atoms. The number of aromatic nitrogens is 1. The smallest absolute Gasteiger partial charge is 0.164 e. The molecular weight excluding hydrogens is 268 g/mol. The first-order chi connectivity index (χ1) is 9.04. The van der Waals surface area contributed by atoms with Crippen molar-refractivity contribution in [2.45, 2.75) is 44.1 Å². The fourth-order valence-corrected chi connectivity index (χ4v) is 3.31. The van der Waals surface area contributed by atoms with Gasteiger partial charge in [-0.05, 0) is 13.8 Å². The SMILES string of the molecule is CC1(C)O[C@@H]2[C@H](O1)[C@@H](CO)O[C@H]2c1nc(C#N)cs1. The van der Waals surface area contributed by atoms with E-state index in [2.05, 4.69) is 4.98 Å². The quantitative estimate of drug-likeness (QED) is 0.870. The minimum Gasteiger partial charge on any atom is -0.394 e. The van der Waals surface area contributed by atoms with Gasteiger partial charge in [-0.2, -0.15) is 5.26 Å². The second-order valence-corrected chi connectivity index (χ2v) is 5.91. The molecule has 0 unspecified atom stereocenters. The molecule has 0 spiro atoms. The lowest BCUT2D eigenvalue weighted by atomic mass is 10.1. The van der Waals surface area contributed by atoms with Crippen molar-refractivity contribution in [2.24, 2.45) is 0 Å². The van der Waals surface area contributed by atoms with E-state index in [0.717, 1.165) is 0 Å². The van der Waals surface area contributed by atoms with E-state index in [1.165, 1.54) is 11.3 Å². The van der Waals surface area contributed by atoms with Gasteiger partial charge in [0.05, 0.1) is 6.61 Å². The van der Waals surface area contributed by atoms with E-state index in [4.69, 9.17) is 19.5 Å². The van der Waals surface area contributed by atoms with Crippen molar-refractivity contribution in [3.8, 4) is 6.07 Å². The summed E-state index contributed by atoms with van der Waals surface area (Å²) in [6.07, 6.45) is -1.42. The van der Waals surface area contributed by atoms with E-state index in [-0.39, 0.29) is 18.8 Å². The molecule has 0 saturated carbocycles. The summed E-state index contributed by atoms with van der Waals surface area (Å²) < 4.78 is 17.4. The highest BCUT2D eigenvalue weighted by molar-refractivity contribution is 7.09. The van der Waals surface area contributed by atoms with Gasteiger partial charge in [-0.1, -0.05) is 0 Å². The second kappa shape index (κ2) is 4.51. The lowest BCUT2D eigenvalue weighted by Crippen LogP contribution is -2.31. The second-order valence-electron chi connectivity index (χ2n) is 5.03. The summed E-state index contributed by atoms with van der Waals surface area (Å²) in [6.45, 7) is 3.53. The van der Waals surface area contributed by atoms with Crippen LogP contribution in [0.3, 0.4) is 0 Å². The maximum absolute atomic E-state index is 9.37. The Hall–Kier alpha value is -1.04. The third-order valence-electron chi connectivity index (χ3n) is 3.21. The Labute approximate surface area is 114 Å². The standard InChI is InChI=1S/C12H14N2O4S/c1-12(2)17-8-7(4-15)16-10(9(8)18-12)11-14-6(3-13)5-19-11/h5,7-10,15H,4H2,1-2H3/t7-,8-,9-,10-/m1/s1. The average Bonchev–Trinajstić information content (AvgIpc) is 3.01. The third-order valence-corrected chi connectivity index (χ3v) is 4.12. The summed E-state index contributed by atoms with van der Waals surface area (Å²) in [7, 11) is 0. The fourth-order valence-electron chi connectivity index (χ4n) is 2.50. The van der Waals surface area contributed by atoms with Crippen molar-refractivity contribution in [1.29, 1.82) is 5.26 Å². The Morgan fingerprint density at radius 2 is 2.21 bits per heavy atom. The molecule has 0 aromatic carbocycles. The lowest BCUT2D eigenvalue weighted by molar-refractivity contribution is -0.191. The first-order valence-electron chi connectivity index (χ1n) is 6.01. The highest BCUT2D eigenvalue weighted by atomic mass is 32.1. The fraction of sp³-hybridized carbons (Fsp3) is 0.667. The Bertz CT molecular complexity index is 524. The number of nitrogens with zero attached hydrogens (tertiary/aromatic N) is 2. The lowest BCUT2D eigenvalue weighted by Gasteiger charge is -2.22. The van der Waals surface area contributed by atoms with Crippen LogP contribution in [0.25, 0.3) is 0 Å². The normalized spacial score (nSPS) is 36.1. The maximum atomic E-state index is 9.37. The molecule has 3 heterocycles. The number of hydrogen-bond donors (Lipinski definition) is 1. The van der Waals surface area contributed by atoms with E-state index in [0.29, 0.717) is 10.7 Å². The zero-order valence-electron chi connectivity index (χ0n) is 10.6. The minimum absolute atomic E-state index is 0.131. The van der Waals surface area contributed by atoms with Crippen LogP contribution in [0.5, 0.6) is 0 Å². The van der Waals surface area contributed by atoms with E-state index in [1.807, 2.05) is 19.9 Å². The molecule has 6 nitrogen and oxygen atoms in total. The van der Waals surface area contributed by atoms with Gasteiger partial charge in [0.25, 0.3) is 0 Å². The molecular formula is C12H14N2O4S. The highest BCUT2D eigenvalue weighted by Crippen LogP contribution is 2.45. The molecule has 4 atom stereocenters. The molecule has 0 amide bonds. The number of fused-ring (bicyclic) bond motifs is 1. The molecule has 1 aromatic heterocycles. The molecule has 2 aliphatic rings. The molecule has 2 fully saturated rings. The molecule has 0 aliphatic carbocycles. The van der Waals surface area contributed by atoms with Gasteiger partial charge in [-0.25, -0.2) is 4.98 Å². The van der Waals surface area contributed by atoms with Crippen LogP contribution in [-0.4, -0.2) is 40.8 Å². The van der Waals surface area contributed by atoms with Crippen LogP contribution in [0.2, 0.25) is 0 Å². The summed E-state index contributed by atoms with van der Waals surface area (Å²) in [5, 5.41) is 20.6. The Morgan fingerprint density at radius 1 is 1.47 bits per heavy atom. The van der Waals surface area contributed by atoms with Gasteiger partial charge in [0.15, 0.2) is 11.5 Å². The van der Waals surface area contributed by atoms with Gasteiger partial charge in [-0.15, -0.1) is 11.3 Å². The summed E-state index contributed by atoms with van der Waals surface area (Å²) in [5.74, 6) is -0.694. The number of hydrogen-bond acceptors (Lipinski definition) is 7. The first kappa shape index (κ1) is 13.0. The zero-order chi connectivity index (χ0) is 13.6.